The first-order valence-corrected chi connectivity index (χ1v) is 13.1. The lowest BCUT2D eigenvalue weighted by Gasteiger charge is -2.45. The van der Waals surface area contributed by atoms with Crippen LogP contribution in [0, 0.1) is 11.8 Å². The van der Waals surface area contributed by atoms with Crippen LogP contribution in [0.5, 0.6) is 0 Å². The summed E-state index contributed by atoms with van der Waals surface area (Å²) in [5.41, 5.74) is 0.515. The van der Waals surface area contributed by atoms with Gasteiger partial charge in [-0.15, -0.1) is 0 Å². The molecule has 42 heavy (non-hydrogen) atoms. The normalized spacial score (nSPS) is 31.4. The van der Waals surface area contributed by atoms with Crippen LogP contribution in [0.25, 0.3) is 0 Å². The second-order valence-corrected chi connectivity index (χ2v) is 9.74. The van der Waals surface area contributed by atoms with Gasteiger partial charge in [0.1, 0.15) is 25.4 Å². The Balaban J connectivity index is 1.99. The molecular formula is C27H34O15. The zero-order valence-corrected chi connectivity index (χ0v) is 24.0. The van der Waals surface area contributed by atoms with E-state index in [2.05, 4.69) is 0 Å². The fourth-order valence-corrected chi connectivity index (χ4v) is 4.95. The lowest BCUT2D eigenvalue weighted by molar-refractivity contribution is -0.342. The number of fused-ring (bicyclic) bond motifs is 1. The van der Waals surface area contributed by atoms with Crippen molar-refractivity contribution in [2.24, 2.45) is 11.8 Å². The largest absolute Gasteiger partial charge is 0.472 e. The number of hydrogen-bond donors (Lipinski definition) is 0. The van der Waals surface area contributed by atoms with E-state index in [1.807, 2.05) is 0 Å². The lowest BCUT2D eigenvalue weighted by atomic mass is 9.88. The van der Waals surface area contributed by atoms with Gasteiger partial charge in [-0.2, -0.15) is 0 Å². The Morgan fingerprint density at radius 3 is 1.83 bits per heavy atom. The van der Waals surface area contributed by atoms with Gasteiger partial charge in [0.25, 0.3) is 0 Å². The van der Waals surface area contributed by atoms with Gasteiger partial charge in [0, 0.05) is 47.5 Å². The van der Waals surface area contributed by atoms with E-state index in [9.17, 15) is 28.8 Å². The first kappa shape index (κ1) is 32.5. The maximum Gasteiger partial charge on any atom is 0.303 e. The summed E-state index contributed by atoms with van der Waals surface area (Å²) in [5, 5.41) is 0. The predicted molar refractivity (Wildman–Crippen MR) is 134 cm³/mol. The summed E-state index contributed by atoms with van der Waals surface area (Å²) in [6, 6.07) is 0. The minimum absolute atomic E-state index is 0.163. The number of rotatable bonds is 10. The molecule has 3 rings (SSSR count). The van der Waals surface area contributed by atoms with E-state index in [0.29, 0.717) is 5.57 Å². The molecule has 0 spiro atoms. The predicted octanol–water partition coefficient (Wildman–Crippen LogP) is 0.623. The van der Waals surface area contributed by atoms with E-state index in [0.717, 1.165) is 27.7 Å². The summed E-state index contributed by atoms with van der Waals surface area (Å²) in [6.45, 7) is 6.34. The van der Waals surface area contributed by atoms with Crippen molar-refractivity contribution in [3.8, 4) is 0 Å². The van der Waals surface area contributed by atoms with Gasteiger partial charge in [0.15, 0.2) is 18.3 Å². The molecule has 3 aliphatic rings. The molecule has 2 aliphatic heterocycles. The van der Waals surface area contributed by atoms with Crippen LogP contribution in [0.1, 0.15) is 41.5 Å². The molecule has 0 bridgehead atoms. The minimum atomic E-state index is -1.52. The lowest BCUT2D eigenvalue weighted by Crippen LogP contribution is -2.63. The molecule has 0 radical (unpaired) electrons. The molecule has 0 saturated carbocycles. The third kappa shape index (κ3) is 8.52. The first-order chi connectivity index (χ1) is 19.8. The number of hydrogen-bond acceptors (Lipinski definition) is 15. The summed E-state index contributed by atoms with van der Waals surface area (Å²) < 4.78 is 49.9. The zero-order valence-electron chi connectivity index (χ0n) is 24.0. The molecule has 0 aromatic rings. The van der Waals surface area contributed by atoms with Crippen molar-refractivity contribution in [1.82, 2.24) is 0 Å². The van der Waals surface area contributed by atoms with Crippen LogP contribution in [0.15, 0.2) is 24.0 Å². The average molecular weight is 599 g/mol. The highest BCUT2D eigenvalue weighted by molar-refractivity contribution is 5.69. The van der Waals surface area contributed by atoms with Gasteiger partial charge in [-0.1, -0.05) is 0 Å². The SMILES string of the molecule is CC(=O)OCC1=C[C@@H](OC(C)=O)[C@@H]2C=CO[C@@H](O[C@@H]3O[C@H](COC(C)=O)[C@@H](OC(C)=O)[C@H](OC(C)=O)[C@H]3OC(C)=O)[C@H]12. The molecule has 1 fully saturated rings. The molecule has 15 heteroatoms. The molecule has 0 amide bonds. The Kier molecular flexibility index (Phi) is 11.1. The molecule has 0 N–H and O–H groups in total. The van der Waals surface area contributed by atoms with Gasteiger partial charge in [-0.25, -0.2) is 0 Å². The molecular weight excluding hydrogens is 564 g/mol. The van der Waals surface area contributed by atoms with Crippen molar-refractivity contribution in [2.75, 3.05) is 13.2 Å². The molecule has 0 aromatic heterocycles. The third-order valence-corrected chi connectivity index (χ3v) is 6.37. The minimum Gasteiger partial charge on any atom is -0.472 e. The second-order valence-electron chi connectivity index (χ2n) is 9.74. The van der Waals surface area contributed by atoms with Crippen LogP contribution in [0.2, 0.25) is 0 Å². The van der Waals surface area contributed by atoms with Gasteiger partial charge >= 0.3 is 35.8 Å². The topological polar surface area (TPSA) is 185 Å². The summed E-state index contributed by atoms with van der Waals surface area (Å²) in [4.78, 5) is 71.1. The fourth-order valence-electron chi connectivity index (χ4n) is 4.95. The van der Waals surface area contributed by atoms with Gasteiger partial charge in [0.2, 0.25) is 12.6 Å². The van der Waals surface area contributed by atoms with Crippen molar-refractivity contribution < 1.29 is 71.4 Å². The van der Waals surface area contributed by atoms with Gasteiger partial charge in [-0.3, -0.25) is 28.8 Å². The number of carbonyl (C=O) groups excluding carboxylic acids is 6. The fraction of sp³-hybridized carbons (Fsp3) is 0.630. The average Bonchev–Trinajstić information content (AvgIpc) is 3.22. The van der Waals surface area contributed by atoms with E-state index >= 15 is 0 Å². The maximum atomic E-state index is 12.1. The molecule has 15 nitrogen and oxygen atoms in total. The van der Waals surface area contributed by atoms with Crippen molar-refractivity contribution in [3.05, 3.63) is 24.0 Å². The van der Waals surface area contributed by atoms with Crippen molar-refractivity contribution in [1.29, 1.82) is 0 Å². The molecule has 0 aromatic carbocycles. The van der Waals surface area contributed by atoms with E-state index in [1.165, 1.54) is 20.1 Å². The van der Waals surface area contributed by atoms with Crippen molar-refractivity contribution >= 4 is 35.8 Å². The maximum absolute atomic E-state index is 12.1. The highest BCUT2D eigenvalue weighted by Crippen LogP contribution is 2.43. The van der Waals surface area contributed by atoms with E-state index in [-0.39, 0.29) is 6.61 Å². The van der Waals surface area contributed by atoms with Crippen LogP contribution in [0.3, 0.4) is 0 Å². The molecule has 1 saturated heterocycles. The van der Waals surface area contributed by atoms with Crippen LogP contribution in [0.4, 0.5) is 0 Å². The van der Waals surface area contributed by atoms with E-state index < -0.39 is 97.4 Å². The zero-order chi connectivity index (χ0) is 31.1. The quantitative estimate of drug-likeness (QED) is 0.193. The molecule has 1 aliphatic carbocycles. The highest BCUT2D eigenvalue weighted by Gasteiger charge is 2.55. The van der Waals surface area contributed by atoms with Crippen molar-refractivity contribution in [2.45, 2.75) is 84.6 Å². The summed E-state index contributed by atoms with van der Waals surface area (Å²) in [5.74, 6) is -5.31. The molecule has 0 unspecified atom stereocenters. The summed E-state index contributed by atoms with van der Waals surface area (Å²) in [7, 11) is 0. The van der Waals surface area contributed by atoms with Crippen LogP contribution >= 0.6 is 0 Å². The summed E-state index contributed by atoms with van der Waals surface area (Å²) in [6.07, 6.45) is -4.37. The van der Waals surface area contributed by atoms with Gasteiger partial charge in [-0.05, 0) is 17.7 Å². The van der Waals surface area contributed by atoms with Crippen LogP contribution in [-0.4, -0.2) is 92.1 Å². The molecule has 2 heterocycles. The monoisotopic (exact) mass is 598 g/mol. The van der Waals surface area contributed by atoms with E-state index in [4.69, 9.17) is 42.6 Å². The van der Waals surface area contributed by atoms with Gasteiger partial charge < -0.3 is 42.6 Å². The Morgan fingerprint density at radius 1 is 0.690 bits per heavy atom. The first-order valence-electron chi connectivity index (χ1n) is 13.1. The Hall–Kier alpha value is -3.98. The number of esters is 6. The number of ether oxygens (including phenoxy) is 9. The van der Waals surface area contributed by atoms with Crippen LogP contribution in [-0.2, 0) is 71.4 Å². The highest BCUT2D eigenvalue weighted by atomic mass is 16.8. The smallest absolute Gasteiger partial charge is 0.303 e. The second kappa shape index (κ2) is 14.3. The number of carbonyl (C=O) groups is 6. The van der Waals surface area contributed by atoms with Gasteiger partial charge in [0.05, 0.1) is 12.2 Å². The Bertz CT molecular complexity index is 1130. The Labute approximate surface area is 241 Å². The molecule has 232 valence electrons. The standard InChI is InChI=1S/C27H34O15/c1-12(28)35-10-18-9-20(37-14(3)30)19-7-8-34-26(22(18)19)42-27-25(40-17(6)33)24(39-16(5)32)23(38-15(4)31)21(41-27)11-36-13(2)29/h7-9,19-27H,10-11H2,1-6H3/t19-,20+,21+,22+,23+,24-,25+,26-,27-/m0/s1. The van der Waals surface area contributed by atoms with E-state index in [1.54, 1.807) is 12.2 Å². The van der Waals surface area contributed by atoms with Crippen LogP contribution < -0.4 is 0 Å². The third-order valence-electron chi connectivity index (χ3n) is 6.37. The Morgan fingerprint density at radius 2 is 1.26 bits per heavy atom. The summed E-state index contributed by atoms with van der Waals surface area (Å²) >= 11 is 0. The van der Waals surface area contributed by atoms with Crippen molar-refractivity contribution in [3.63, 3.8) is 0 Å². The molecule has 9 atom stereocenters.